The van der Waals surface area contributed by atoms with Crippen LogP contribution in [0.3, 0.4) is 0 Å². The molecule has 1 fully saturated rings. The molecule has 1 aliphatic rings. The van der Waals surface area contributed by atoms with Gasteiger partial charge in [0.1, 0.15) is 5.78 Å². The molecule has 5 nitrogen and oxygen atoms in total. The summed E-state index contributed by atoms with van der Waals surface area (Å²) in [6.07, 6.45) is 5.51. The van der Waals surface area contributed by atoms with Gasteiger partial charge in [0.05, 0.1) is 6.20 Å². The van der Waals surface area contributed by atoms with Crippen molar-refractivity contribution in [2.24, 2.45) is 18.2 Å². The molecule has 1 saturated heterocycles. The molecule has 2 rings (SSSR count). The first kappa shape index (κ1) is 12.3. The molecule has 1 aromatic heterocycles. The monoisotopic (exact) mass is 237 g/mol. The predicted octanol–water partition coefficient (Wildman–Crippen LogP) is 0.287. The largest absolute Gasteiger partial charge is 0.381 e. The molecule has 0 amide bonds. The standard InChI is InChI=1S/C12H19N3O2/c1-15-8-10(7-14-15)6-11(16)12(9-13)2-4-17-5-3-12/h7-8H,2-6,9,13H2,1H3. The molecule has 94 valence electrons. The zero-order valence-electron chi connectivity index (χ0n) is 10.2. The minimum absolute atomic E-state index is 0.219. The number of rotatable bonds is 4. The summed E-state index contributed by atoms with van der Waals surface area (Å²) in [5.41, 5.74) is 6.38. The zero-order valence-corrected chi connectivity index (χ0v) is 10.2. The number of carbonyl (C=O) groups is 1. The highest BCUT2D eigenvalue weighted by molar-refractivity contribution is 5.87. The topological polar surface area (TPSA) is 70.1 Å². The maximum absolute atomic E-state index is 12.4. The van der Waals surface area contributed by atoms with E-state index in [0.717, 1.165) is 18.4 Å². The number of Topliss-reactive ketones (excluding diaryl/α,β-unsaturated/α-hetero) is 1. The molecule has 2 heterocycles. The van der Waals surface area contributed by atoms with E-state index in [1.54, 1.807) is 10.9 Å². The van der Waals surface area contributed by atoms with Crippen LogP contribution in [0.15, 0.2) is 12.4 Å². The normalized spacial score (nSPS) is 19.2. The van der Waals surface area contributed by atoms with Crippen LogP contribution in [0.2, 0.25) is 0 Å². The van der Waals surface area contributed by atoms with E-state index in [1.165, 1.54) is 0 Å². The van der Waals surface area contributed by atoms with Gasteiger partial charge in [0, 0.05) is 44.8 Å². The van der Waals surface area contributed by atoms with Crippen molar-refractivity contribution < 1.29 is 9.53 Å². The van der Waals surface area contributed by atoms with Crippen molar-refractivity contribution in [3.63, 3.8) is 0 Å². The Morgan fingerprint density at radius 3 is 2.82 bits per heavy atom. The third kappa shape index (κ3) is 2.56. The molecule has 5 heteroatoms. The van der Waals surface area contributed by atoms with Gasteiger partial charge < -0.3 is 10.5 Å². The first-order chi connectivity index (χ1) is 8.16. The SMILES string of the molecule is Cn1cc(CC(=O)C2(CN)CCOCC2)cn1. The summed E-state index contributed by atoms with van der Waals surface area (Å²) in [5, 5.41) is 4.07. The van der Waals surface area contributed by atoms with E-state index in [0.29, 0.717) is 26.2 Å². The number of carbonyl (C=O) groups excluding carboxylic acids is 1. The van der Waals surface area contributed by atoms with Gasteiger partial charge in [0.2, 0.25) is 0 Å². The Labute approximate surface area is 101 Å². The summed E-state index contributed by atoms with van der Waals surface area (Å²) < 4.78 is 7.02. The van der Waals surface area contributed by atoms with Crippen molar-refractivity contribution in [1.82, 2.24) is 9.78 Å². The number of hydrogen-bond donors (Lipinski definition) is 1. The van der Waals surface area contributed by atoms with Gasteiger partial charge in [-0.15, -0.1) is 0 Å². The minimum Gasteiger partial charge on any atom is -0.381 e. The maximum atomic E-state index is 12.4. The first-order valence-corrected chi connectivity index (χ1v) is 5.95. The summed E-state index contributed by atoms with van der Waals surface area (Å²) >= 11 is 0. The van der Waals surface area contributed by atoms with Gasteiger partial charge >= 0.3 is 0 Å². The van der Waals surface area contributed by atoms with Crippen LogP contribution < -0.4 is 5.73 Å². The van der Waals surface area contributed by atoms with E-state index in [-0.39, 0.29) is 11.2 Å². The molecule has 0 unspecified atom stereocenters. The summed E-state index contributed by atoms with van der Waals surface area (Å²) in [7, 11) is 1.85. The van der Waals surface area contributed by atoms with Crippen molar-refractivity contribution in [3.8, 4) is 0 Å². The van der Waals surface area contributed by atoms with Crippen LogP contribution in [0.25, 0.3) is 0 Å². The van der Waals surface area contributed by atoms with Gasteiger partial charge in [-0.05, 0) is 18.4 Å². The fraction of sp³-hybridized carbons (Fsp3) is 0.667. The Balaban J connectivity index is 2.07. The molecule has 0 aromatic carbocycles. The molecule has 17 heavy (non-hydrogen) atoms. The lowest BCUT2D eigenvalue weighted by molar-refractivity contribution is -0.132. The van der Waals surface area contributed by atoms with Crippen LogP contribution in [0.4, 0.5) is 0 Å². The van der Waals surface area contributed by atoms with E-state index in [1.807, 2.05) is 13.2 Å². The molecule has 0 atom stereocenters. The zero-order chi connectivity index (χ0) is 12.3. The van der Waals surface area contributed by atoms with E-state index in [4.69, 9.17) is 10.5 Å². The highest BCUT2D eigenvalue weighted by Crippen LogP contribution is 2.31. The van der Waals surface area contributed by atoms with Gasteiger partial charge in [0.25, 0.3) is 0 Å². The second kappa shape index (κ2) is 4.98. The van der Waals surface area contributed by atoms with Crippen molar-refractivity contribution in [1.29, 1.82) is 0 Å². The van der Waals surface area contributed by atoms with Crippen molar-refractivity contribution >= 4 is 5.78 Å². The molecule has 0 aliphatic carbocycles. The smallest absolute Gasteiger partial charge is 0.144 e. The van der Waals surface area contributed by atoms with Crippen molar-refractivity contribution in [2.75, 3.05) is 19.8 Å². The van der Waals surface area contributed by atoms with E-state index < -0.39 is 0 Å². The summed E-state index contributed by atoms with van der Waals surface area (Å²) in [5.74, 6) is 0.219. The lowest BCUT2D eigenvalue weighted by atomic mass is 9.75. The van der Waals surface area contributed by atoms with Gasteiger partial charge in [0.15, 0.2) is 0 Å². The molecule has 0 bridgehead atoms. The fourth-order valence-corrected chi connectivity index (χ4v) is 2.29. The number of ether oxygens (including phenoxy) is 1. The number of nitrogens with two attached hydrogens (primary N) is 1. The predicted molar refractivity (Wildman–Crippen MR) is 63.5 cm³/mol. The quantitative estimate of drug-likeness (QED) is 0.817. The first-order valence-electron chi connectivity index (χ1n) is 5.95. The molecular formula is C12H19N3O2. The summed E-state index contributed by atoms with van der Waals surface area (Å²) in [6.45, 7) is 1.68. The third-order valence-corrected chi connectivity index (χ3v) is 3.56. The molecule has 0 radical (unpaired) electrons. The highest BCUT2D eigenvalue weighted by Gasteiger charge is 2.38. The Morgan fingerprint density at radius 1 is 1.59 bits per heavy atom. The van der Waals surface area contributed by atoms with E-state index in [2.05, 4.69) is 5.10 Å². The van der Waals surface area contributed by atoms with E-state index >= 15 is 0 Å². The number of aromatic nitrogens is 2. The average molecular weight is 237 g/mol. The second-order valence-electron chi connectivity index (χ2n) is 4.72. The van der Waals surface area contributed by atoms with Gasteiger partial charge in [-0.3, -0.25) is 9.48 Å². The second-order valence-corrected chi connectivity index (χ2v) is 4.72. The highest BCUT2D eigenvalue weighted by atomic mass is 16.5. The molecule has 1 aliphatic heterocycles. The fourth-order valence-electron chi connectivity index (χ4n) is 2.29. The molecule has 0 saturated carbocycles. The van der Waals surface area contributed by atoms with Crippen molar-refractivity contribution in [3.05, 3.63) is 18.0 Å². The van der Waals surface area contributed by atoms with E-state index in [9.17, 15) is 4.79 Å². The lowest BCUT2D eigenvalue weighted by Crippen LogP contribution is -2.44. The van der Waals surface area contributed by atoms with Gasteiger partial charge in [-0.25, -0.2) is 0 Å². The number of ketones is 1. The number of aryl methyl sites for hydroxylation is 1. The van der Waals surface area contributed by atoms with Gasteiger partial charge in [-0.1, -0.05) is 0 Å². The van der Waals surface area contributed by atoms with Crippen LogP contribution in [0.5, 0.6) is 0 Å². The number of hydrogen-bond acceptors (Lipinski definition) is 4. The number of nitrogens with zero attached hydrogens (tertiary/aromatic N) is 2. The van der Waals surface area contributed by atoms with Crippen LogP contribution >= 0.6 is 0 Å². The lowest BCUT2D eigenvalue weighted by Gasteiger charge is -2.34. The Morgan fingerprint density at radius 2 is 2.29 bits per heavy atom. The molecule has 2 N–H and O–H groups in total. The Hall–Kier alpha value is -1.20. The summed E-state index contributed by atoms with van der Waals surface area (Å²) in [4.78, 5) is 12.4. The Bertz CT molecular complexity index is 394. The molecular weight excluding hydrogens is 218 g/mol. The average Bonchev–Trinajstić information content (AvgIpc) is 2.75. The molecule has 0 spiro atoms. The third-order valence-electron chi connectivity index (χ3n) is 3.56. The molecule has 1 aromatic rings. The maximum Gasteiger partial charge on any atom is 0.144 e. The summed E-state index contributed by atoms with van der Waals surface area (Å²) in [6, 6.07) is 0. The van der Waals surface area contributed by atoms with Crippen LogP contribution in [0.1, 0.15) is 18.4 Å². The van der Waals surface area contributed by atoms with Crippen LogP contribution in [-0.4, -0.2) is 35.3 Å². The Kier molecular flexibility index (Phi) is 3.59. The minimum atomic E-state index is -0.381. The van der Waals surface area contributed by atoms with Gasteiger partial charge in [-0.2, -0.15) is 5.10 Å². The van der Waals surface area contributed by atoms with Crippen LogP contribution in [-0.2, 0) is 23.0 Å². The van der Waals surface area contributed by atoms with Crippen LogP contribution in [0, 0.1) is 5.41 Å². The van der Waals surface area contributed by atoms with Crippen molar-refractivity contribution in [2.45, 2.75) is 19.3 Å².